The summed E-state index contributed by atoms with van der Waals surface area (Å²) in [5.74, 6) is -0.430. The van der Waals surface area contributed by atoms with Crippen LogP contribution in [-0.2, 0) is 6.42 Å². The van der Waals surface area contributed by atoms with E-state index in [0.29, 0.717) is 12.0 Å². The molecule has 0 aliphatic rings. The van der Waals surface area contributed by atoms with Gasteiger partial charge in [0.25, 0.3) is 0 Å². The van der Waals surface area contributed by atoms with Crippen LogP contribution in [0.3, 0.4) is 0 Å². The highest BCUT2D eigenvalue weighted by molar-refractivity contribution is 5.97. The van der Waals surface area contributed by atoms with Gasteiger partial charge in [0.2, 0.25) is 0 Å². The summed E-state index contributed by atoms with van der Waals surface area (Å²) in [6, 6.07) is 11.9. The van der Waals surface area contributed by atoms with Crippen molar-refractivity contribution in [1.29, 1.82) is 0 Å². The zero-order chi connectivity index (χ0) is 13.1. The second kappa shape index (κ2) is 5.13. The third kappa shape index (κ3) is 3.04. The van der Waals surface area contributed by atoms with E-state index in [1.165, 1.54) is 12.1 Å². The SMILES string of the molecule is Cc1cc(C)cc(CC(=O)c2cccc(F)c2)c1. The maximum Gasteiger partial charge on any atom is 0.167 e. The van der Waals surface area contributed by atoms with Gasteiger partial charge in [0, 0.05) is 12.0 Å². The first-order valence-corrected chi connectivity index (χ1v) is 5.90. The quantitative estimate of drug-likeness (QED) is 0.747. The number of carbonyl (C=O) groups excluding carboxylic acids is 1. The number of ketones is 1. The standard InChI is InChI=1S/C16H15FO/c1-11-6-12(2)8-13(7-11)9-16(18)14-4-3-5-15(17)10-14/h3-8,10H,9H2,1-2H3. The van der Waals surface area contributed by atoms with Crippen molar-refractivity contribution in [2.45, 2.75) is 20.3 Å². The highest BCUT2D eigenvalue weighted by Crippen LogP contribution is 2.13. The van der Waals surface area contributed by atoms with Crippen LogP contribution in [-0.4, -0.2) is 5.78 Å². The Hall–Kier alpha value is -1.96. The lowest BCUT2D eigenvalue weighted by atomic mass is 10.00. The van der Waals surface area contributed by atoms with E-state index in [4.69, 9.17) is 0 Å². The number of hydrogen-bond acceptors (Lipinski definition) is 1. The van der Waals surface area contributed by atoms with Gasteiger partial charge in [0.1, 0.15) is 5.82 Å². The number of aryl methyl sites for hydroxylation is 2. The number of rotatable bonds is 3. The molecule has 2 rings (SSSR count). The molecular weight excluding hydrogens is 227 g/mol. The summed E-state index contributed by atoms with van der Waals surface area (Å²) in [6.07, 6.45) is 0.311. The van der Waals surface area contributed by atoms with Gasteiger partial charge >= 0.3 is 0 Å². The summed E-state index contributed by atoms with van der Waals surface area (Å²) in [6.45, 7) is 4.01. The Labute approximate surface area is 106 Å². The molecule has 0 spiro atoms. The molecule has 0 bridgehead atoms. The summed E-state index contributed by atoms with van der Waals surface area (Å²) in [5, 5.41) is 0. The summed E-state index contributed by atoms with van der Waals surface area (Å²) in [4.78, 5) is 12.0. The first-order valence-electron chi connectivity index (χ1n) is 5.90. The molecule has 0 aliphatic heterocycles. The van der Waals surface area contributed by atoms with Crippen molar-refractivity contribution >= 4 is 5.78 Å². The molecule has 1 nitrogen and oxygen atoms in total. The Morgan fingerprint density at radius 1 is 1.06 bits per heavy atom. The van der Waals surface area contributed by atoms with E-state index in [1.807, 2.05) is 26.0 Å². The molecule has 0 saturated carbocycles. The highest BCUT2D eigenvalue weighted by Gasteiger charge is 2.08. The molecule has 0 fully saturated rings. The van der Waals surface area contributed by atoms with Crippen molar-refractivity contribution < 1.29 is 9.18 Å². The van der Waals surface area contributed by atoms with Crippen molar-refractivity contribution in [1.82, 2.24) is 0 Å². The summed E-state index contributed by atoms with van der Waals surface area (Å²) in [5.41, 5.74) is 3.67. The Balaban J connectivity index is 2.21. The lowest BCUT2D eigenvalue weighted by Gasteiger charge is -2.05. The van der Waals surface area contributed by atoms with Gasteiger partial charge in [0.15, 0.2) is 5.78 Å². The van der Waals surface area contributed by atoms with Crippen molar-refractivity contribution in [3.8, 4) is 0 Å². The number of benzene rings is 2. The molecule has 0 atom stereocenters. The molecule has 0 unspecified atom stereocenters. The van der Waals surface area contributed by atoms with Gasteiger partial charge in [-0.3, -0.25) is 4.79 Å². The second-order valence-corrected chi connectivity index (χ2v) is 4.61. The summed E-state index contributed by atoms with van der Waals surface area (Å²) >= 11 is 0. The zero-order valence-electron chi connectivity index (χ0n) is 10.5. The van der Waals surface area contributed by atoms with Crippen LogP contribution >= 0.6 is 0 Å². The molecule has 2 aromatic rings. The molecule has 0 N–H and O–H groups in total. The molecule has 0 saturated heterocycles. The highest BCUT2D eigenvalue weighted by atomic mass is 19.1. The van der Waals surface area contributed by atoms with Crippen LogP contribution in [0.2, 0.25) is 0 Å². The van der Waals surface area contributed by atoms with E-state index in [-0.39, 0.29) is 11.6 Å². The smallest absolute Gasteiger partial charge is 0.167 e. The Bertz CT molecular complexity index is 567. The van der Waals surface area contributed by atoms with E-state index in [1.54, 1.807) is 12.1 Å². The Morgan fingerprint density at radius 2 is 1.72 bits per heavy atom. The molecule has 0 radical (unpaired) electrons. The molecule has 2 aromatic carbocycles. The first kappa shape index (κ1) is 12.5. The predicted octanol–water partition coefficient (Wildman–Crippen LogP) is 3.87. The first-order chi connectivity index (χ1) is 8.54. The van der Waals surface area contributed by atoms with Gasteiger partial charge < -0.3 is 0 Å². The van der Waals surface area contributed by atoms with Crippen LogP contribution in [0.15, 0.2) is 42.5 Å². The number of hydrogen-bond donors (Lipinski definition) is 0. The fourth-order valence-corrected chi connectivity index (χ4v) is 2.12. The van der Waals surface area contributed by atoms with Gasteiger partial charge in [-0.05, 0) is 31.5 Å². The van der Waals surface area contributed by atoms with Gasteiger partial charge in [-0.15, -0.1) is 0 Å². The minimum Gasteiger partial charge on any atom is -0.294 e. The largest absolute Gasteiger partial charge is 0.294 e. The Morgan fingerprint density at radius 3 is 2.33 bits per heavy atom. The van der Waals surface area contributed by atoms with E-state index in [9.17, 15) is 9.18 Å². The zero-order valence-corrected chi connectivity index (χ0v) is 10.5. The van der Waals surface area contributed by atoms with Crippen LogP contribution in [0.4, 0.5) is 4.39 Å². The number of carbonyl (C=O) groups is 1. The number of halogens is 1. The third-order valence-corrected chi connectivity index (χ3v) is 2.79. The monoisotopic (exact) mass is 242 g/mol. The minimum absolute atomic E-state index is 0.0560. The maximum absolute atomic E-state index is 13.0. The summed E-state index contributed by atoms with van der Waals surface area (Å²) in [7, 11) is 0. The van der Waals surface area contributed by atoms with Crippen LogP contribution in [0, 0.1) is 19.7 Å². The number of Topliss-reactive ketones (excluding diaryl/α,β-unsaturated/α-hetero) is 1. The second-order valence-electron chi connectivity index (χ2n) is 4.61. The third-order valence-electron chi connectivity index (χ3n) is 2.79. The molecule has 0 aliphatic carbocycles. The van der Waals surface area contributed by atoms with E-state index in [2.05, 4.69) is 6.07 Å². The van der Waals surface area contributed by atoms with Gasteiger partial charge in [0.05, 0.1) is 0 Å². The maximum atomic E-state index is 13.0. The van der Waals surface area contributed by atoms with E-state index >= 15 is 0 Å². The minimum atomic E-state index is -0.374. The molecule has 0 aromatic heterocycles. The van der Waals surface area contributed by atoms with Crippen LogP contribution in [0.25, 0.3) is 0 Å². The lowest BCUT2D eigenvalue weighted by Crippen LogP contribution is -2.04. The van der Waals surface area contributed by atoms with Crippen molar-refractivity contribution in [3.05, 3.63) is 70.5 Å². The topological polar surface area (TPSA) is 17.1 Å². The Kier molecular flexibility index (Phi) is 3.56. The molecular formula is C16H15FO. The van der Waals surface area contributed by atoms with Gasteiger partial charge in [-0.25, -0.2) is 4.39 Å². The van der Waals surface area contributed by atoms with Crippen molar-refractivity contribution in [2.75, 3.05) is 0 Å². The fraction of sp³-hybridized carbons (Fsp3) is 0.188. The molecule has 0 amide bonds. The average molecular weight is 242 g/mol. The molecule has 18 heavy (non-hydrogen) atoms. The van der Waals surface area contributed by atoms with E-state index < -0.39 is 0 Å². The van der Waals surface area contributed by atoms with Crippen molar-refractivity contribution in [2.24, 2.45) is 0 Å². The van der Waals surface area contributed by atoms with Crippen molar-refractivity contribution in [3.63, 3.8) is 0 Å². The molecule has 92 valence electrons. The average Bonchev–Trinajstić information content (AvgIpc) is 2.27. The normalized spacial score (nSPS) is 10.4. The molecule has 0 heterocycles. The fourth-order valence-electron chi connectivity index (χ4n) is 2.12. The van der Waals surface area contributed by atoms with Crippen LogP contribution < -0.4 is 0 Å². The predicted molar refractivity (Wildman–Crippen MR) is 70.4 cm³/mol. The van der Waals surface area contributed by atoms with Crippen LogP contribution in [0.1, 0.15) is 27.0 Å². The van der Waals surface area contributed by atoms with Gasteiger partial charge in [-0.2, -0.15) is 0 Å². The van der Waals surface area contributed by atoms with Crippen LogP contribution in [0.5, 0.6) is 0 Å². The molecule has 2 heteroatoms. The van der Waals surface area contributed by atoms with Gasteiger partial charge in [-0.1, -0.05) is 41.5 Å². The van der Waals surface area contributed by atoms with E-state index in [0.717, 1.165) is 16.7 Å². The lowest BCUT2D eigenvalue weighted by molar-refractivity contribution is 0.0992. The summed E-state index contributed by atoms with van der Waals surface area (Å²) < 4.78 is 13.0.